The first-order chi connectivity index (χ1) is 16.0. The van der Waals surface area contributed by atoms with Gasteiger partial charge in [-0.1, -0.05) is 54.9 Å². The van der Waals surface area contributed by atoms with Crippen LogP contribution in [-0.4, -0.2) is 26.5 Å². The highest BCUT2D eigenvalue weighted by Gasteiger charge is 2.31. The van der Waals surface area contributed by atoms with Gasteiger partial charge in [0.05, 0.1) is 5.71 Å². The van der Waals surface area contributed by atoms with Gasteiger partial charge in [0.15, 0.2) is 12.0 Å². The highest BCUT2D eigenvalue weighted by atomic mass is 35.5. The van der Waals surface area contributed by atoms with Crippen LogP contribution in [0.2, 0.25) is 5.02 Å². The number of nitrogens with one attached hydrogen (secondary N) is 2. The average molecular weight is 477 g/mol. The SMILES string of the molecule is CCc1cc2c(s1)-n1c(C)nnc1C(NC(=O)Nc1ccccc1)N=C2c1ccccc1Cl. The first kappa shape index (κ1) is 21.4. The first-order valence-electron chi connectivity index (χ1n) is 10.6. The van der Waals surface area contributed by atoms with Crippen molar-refractivity contribution in [2.45, 2.75) is 26.4 Å². The summed E-state index contributed by atoms with van der Waals surface area (Å²) < 4.78 is 1.97. The number of hydrogen-bond donors (Lipinski definition) is 2. The predicted octanol–water partition coefficient (Wildman–Crippen LogP) is 5.52. The lowest BCUT2D eigenvalue weighted by Crippen LogP contribution is -2.33. The van der Waals surface area contributed by atoms with Gasteiger partial charge in [0.2, 0.25) is 0 Å². The molecule has 0 radical (unpaired) electrons. The van der Waals surface area contributed by atoms with E-state index in [9.17, 15) is 4.79 Å². The zero-order valence-electron chi connectivity index (χ0n) is 18.0. The van der Waals surface area contributed by atoms with Crippen molar-refractivity contribution in [3.05, 3.63) is 93.3 Å². The Balaban J connectivity index is 1.63. The van der Waals surface area contributed by atoms with Gasteiger partial charge >= 0.3 is 6.03 Å². The summed E-state index contributed by atoms with van der Waals surface area (Å²) in [5, 5.41) is 16.0. The van der Waals surface area contributed by atoms with Gasteiger partial charge in [-0.05, 0) is 37.6 Å². The second-order valence-electron chi connectivity index (χ2n) is 7.55. The van der Waals surface area contributed by atoms with Crippen LogP contribution in [0.4, 0.5) is 10.5 Å². The summed E-state index contributed by atoms with van der Waals surface area (Å²) in [4.78, 5) is 19.0. The van der Waals surface area contributed by atoms with Crippen LogP contribution in [0.3, 0.4) is 0 Å². The van der Waals surface area contributed by atoms with Crippen LogP contribution in [0.1, 0.15) is 40.7 Å². The predicted molar refractivity (Wildman–Crippen MR) is 132 cm³/mol. The number of thiophene rings is 1. The molecule has 33 heavy (non-hydrogen) atoms. The Labute approximate surface area is 200 Å². The van der Waals surface area contributed by atoms with Gasteiger partial charge in [-0.25, -0.2) is 4.79 Å². The number of carbonyl (C=O) groups excluding carboxylic acids is 1. The number of benzene rings is 2. The molecule has 0 bridgehead atoms. The lowest BCUT2D eigenvalue weighted by Gasteiger charge is -2.15. The Morgan fingerprint density at radius 1 is 1.09 bits per heavy atom. The number of fused-ring (bicyclic) bond motifs is 3. The van der Waals surface area contributed by atoms with Gasteiger partial charge in [-0.15, -0.1) is 21.5 Å². The minimum absolute atomic E-state index is 0.389. The lowest BCUT2D eigenvalue weighted by molar-refractivity contribution is 0.248. The van der Waals surface area contributed by atoms with Crippen LogP contribution in [0.25, 0.3) is 5.00 Å². The van der Waals surface area contributed by atoms with Gasteiger partial charge in [0.1, 0.15) is 10.8 Å². The van der Waals surface area contributed by atoms with Crippen LogP contribution in [0.15, 0.2) is 65.7 Å². The third kappa shape index (κ3) is 4.03. The molecule has 0 fully saturated rings. The van der Waals surface area contributed by atoms with E-state index in [-0.39, 0.29) is 6.03 Å². The topological polar surface area (TPSA) is 84.2 Å². The number of rotatable bonds is 4. The van der Waals surface area contributed by atoms with Crippen molar-refractivity contribution < 1.29 is 4.79 Å². The molecule has 1 unspecified atom stereocenters. The second kappa shape index (κ2) is 8.80. The van der Waals surface area contributed by atoms with E-state index in [0.29, 0.717) is 22.2 Å². The number of anilines is 1. The fourth-order valence-corrected chi connectivity index (χ4v) is 5.16. The number of urea groups is 1. The monoisotopic (exact) mass is 476 g/mol. The molecule has 3 heterocycles. The number of hydrogen-bond acceptors (Lipinski definition) is 5. The molecule has 0 saturated heterocycles. The molecule has 1 aliphatic rings. The maximum atomic E-state index is 12.9. The molecule has 2 N–H and O–H groups in total. The van der Waals surface area contributed by atoms with E-state index in [1.54, 1.807) is 11.3 Å². The maximum absolute atomic E-state index is 12.9. The van der Waals surface area contributed by atoms with Gasteiger partial charge in [-0.3, -0.25) is 9.56 Å². The standard InChI is InChI=1S/C24H21ClN6OS/c1-3-16-13-18-20(17-11-7-8-12-19(17)25)27-21(22-30-29-14(2)31(22)23(18)33-16)28-24(32)26-15-9-5-4-6-10-15/h4-13,21H,3H2,1-2H3,(H2,26,28,32). The minimum Gasteiger partial charge on any atom is -0.309 e. The molecule has 0 spiro atoms. The van der Waals surface area contributed by atoms with Crippen molar-refractivity contribution in [3.63, 3.8) is 0 Å². The quantitative estimate of drug-likeness (QED) is 0.406. The molecule has 2 aromatic carbocycles. The fourth-order valence-electron chi connectivity index (χ4n) is 3.78. The Bertz CT molecular complexity index is 1360. The third-order valence-corrected chi connectivity index (χ3v) is 6.95. The van der Waals surface area contributed by atoms with Gasteiger partial charge in [0, 0.05) is 26.7 Å². The largest absolute Gasteiger partial charge is 0.321 e. The highest BCUT2D eigenvalue weighted by Crippen LogP contribution is 2.36. The molecule has 9 heteroatoms. The summed E-state index contributed by atoms with van der Waals surface area (Å²) in [6.45, 7) is 4.02. The van der Waals surface area contributed by atoms with Gasteiger partial charge < -0.3 is 10.6 Å². The average Bonchev–Trinajstić information content (AvgIpc) is 3.38. The van der Waals surface area contributed by atoms with E-state index < -0.39 is 6.17 Å². The number of amides is 2. The smallest absolute Gasteiger partial charge is 0.309 e. The molecule has 1 aliphatic heterocycles. The van der Waals surface area contributed by atoms with Crippen LogP contribution < -0.4 is 10.6 Å². The summed E-state index contributed by atoms with van der Waals surface area (Å²) in [5.74, 6) is 1.27. The van der Waals surface area contributed by atoms with E-state index in [2.05, 4.69) is 33.8 Å². The molecule has 166 valence electrons. The molecule has 0 saturated carbocycles. The number of para-hydroxylation sites is 1. The molecule has 2 aromatic heterocycles. The molecule has 0 aliphatic carbocycles. The number of aromatic nitrogens is 3. The summed E-state index contributed by atoms with van der Waals surface area (Å²) in [5.41, 5.74) is 3.14. The molecule has 4 aromatic rings. The van der Waals surface area contributed by atoms with Crippen molar-refractivity contribution in [1.82, 2.24) is 20.1 Å². The Hall–Kier alpha value is -3.49. The number of aryl methyl sites for hydroxylation is 2. The van der Waals surface area contributed by atoms with Crippen molar-refractivity contribution in [2.75, 3.05) is 5.32 Å². The number of nitrogens with zero attached hydrogens (tertiary/aromatic N) is 4. The van der Waals surface area contributed by atoms with Crippen molar-refractivity contribution in [1.29, 1.82) is 0 Å². The van der Waals surface area contributed by atoms with E-state index in [1.165, 1.54) is 4.88 Å². The van der Waals surface area contributed by atoms with Crippen molar-refractivity contribution in [2.24, 2.45) is 4.99 Å². The molecule has 2 amide bonds. The van der Waals surface area contributed by atoms with E-state index in [4.69, 9.17) is 16.6 Å². The Kier molecular flexibility index (Phi) is 5.70. The van der Waals surface area contributed by atoms with Gasteiger partial charge in [-0.2, -0.15) is 0 Å². The maximum Gasteiger partial charge on any atom is 0.321 e. The fraction of sp³-hybridized carbons (Fsp3) is 0.167. The molecule has 7 nitrogen and oxygen atoms in total. The van der Waals surface area contributed by atoms with Crippen LogP contribution in [0.5, 0.6) is 0 Å². The Morgan fingerprint density at radius 3 is 2.61 bits per heavy atom. The molecular weight excluding hydrogens is 456 g/mol. The zero-order chi connectivity index (χ0) is 22.9. The van der Waals surface area contributed by atoms with Crippen LogP contribution in [-0.2, 0) is 6.42 Å². The Morgan fingerprint density at radius 2 is 1.85 bits per heavy atom. The normalized spacial score (nSPS) is 14.6. The summed E-state index contributed by atoms with van der Waals surface area (Å²) in [6, 6.07) is 18.6. The minimum atomic E-state index is -0.758. The molecule has 5 rings (SSSR count). The van der Waals surface area contributed by atoms with Crippen LogP contribution >= 0.6 is 22.9 Å². The van der Waals surface area contributed by atoms with Gasteiger partial charge in [0.25, 0.3) is 0 Å². The summed E-state index contributed by atoms with van der Waals surface area (Å²) in [7, 11) is 0. The van der Waals surface area contributed by atoms with Crippen molar-refractivity contribution >= 4 is 40.4 Å². The molecule has 1 atom stereocenters. The van der Waals surface area contributed by atoms with E-state index >= 15 is 0 Å². The molecular formula is C24H21ClN6OS. The number of aliphatic imine (C=N–C) groups is 1. The number of carbonyl (C=O) groups is 1. The lowest BCUT2D eigenvalue weighted by atomic mass is 10.0. The second-order valence-corrected chi connectivity index (χ2v) is 9.07. The third-order valence-electron chi connectivity index (χ3n) is 5.35. The van der Waals surface area contributed by atoms with Crippen LogP contribution in [0, 0.1) is 6.92 Å². The zero-order valence-corrected chi connectivity index (χ0v) is 19.6. The first-order valence-corrected chi connectivity index (χ1v) is 11.7. The van der Waals surface area contributed by atoms with E-state index in [1.807, 2.05) is 66.1 Å². The number of halogens is 1. The summed E-state index contributed by atoms with van der Waals surface area (Å²) >= 11 is 8.25. The van der Waals surface area contributed by atoms with Crippen molar-refractivity contribution in [3.8, 4) is 5.00 Å². The summed E-state index contributed by atoms with van der Waals surface area (Å²) in [6.07, 6.45) is 0.136. The van der Waals surface area contributed by atoms with E-state index in [0.717, 1.165) is 28.4 Å². The highest BCUT2D eigenvalue weighted by molar-refractivity contribution is 7.15.